The van der Waals surface area contributed by atoms with Gasteiger partial charge in [0, 0.05) is 31.4 Å². The van der Waals surface area contributed by atoms with Gasteiger partial charge in [-0.2, -0.15) is 9.40 Å². The van der Waals surface area contributed by atoms with Crippen LogP contribution >= 0.6 is 0 Å². The molecule has 3 N–H and O–H groups in total. The molecule has 0 saturated heterocycles. The van der Waals surface area contributed by atoms with Gasteiger partial charge in [-0.3, -0.25) is 5.10 Å². The summed E-state index contributed by atoms with van der Waals surface area (Å²) in [6.07, 6.45) is 2.23. The highest BCUT2D eigenvalue weighted by molar-refractivity contribution is 7.89. The third-order valence-electron chi connectivity index (χ3n) is 3.11. The van der Waals surface area contributed by atoms with E-state index >= 15 is 0 Å². The van der Waals surface area contributed by atoms with Crippen molar-refractivity contribution in [3.63, 3.8) is 0 Å². The lowest BCUT2D eigenvalue weighted by Gasteiger charge is -2.15. The fourth-order valence-electron chi connectivity index (χ4n) is 1.79. The predicted molar refractivity (Wildman–Crippen MR) is 63.8 cm³/mol. The molecule has 0 unspecified atom stereocenters. The molecule has 0 radical (unpaired) electrons. The number of hydrogen-bond donors (Lipinski definition) is 2. The maximum atomic E-state index is 12.3. The van der Waals surface area contributed by atoms with E-state index in [1.54, 1.807) is 14.0 Å². The van der Waals surface area contributed by atoms with E-state index in [2.05, 4.69) is 10.2 Å². The summed E-state index contributed by atoms with van der Waals surface area (Å²) < 4.78 is 25.9. The lowest BCUT2D eigenvalue weighted by molar-refractivity contribution is 0.449. The molecule has 1 saturated carbocycles. The van der Waals surface area contributed by atoms with Crippen LogP contribution in [0.1, 0.15) is 24.1 Å². The van der Waals surface area contributed by atoms with Gasteiger partial charge < -0.3 is 5.73 Å². The number of aromatic nitrogens is 2. The van der Waals surface area contributed by atoms with Crippen LogP contribution in [0.15, 0.2) is 5.03 Å². The molecule has 6 nitrogen and oxygen atoms in total. The lowest BCUT2D eigenvalue weighted by Crippen LogP contribution is -2.30. The molecule has 1 aromatic rings. The number of sulfonamides is 1. The van der Waals surface area contributed by atoms with Gasteiger partial charge in [-0.1, -0.05) is 0 Å². The van der Waals surface area contributed by atoms with Crippen LogP contribution in [0.2, 0.25) is 0 Å². The van der Waals surface area contributed by atoms with Crippen LogP contribution < -0.4 is 5.73 Å². The monoisotopic (exact) mass is 258 g/mol. The molecule has 0 amide bonds. The highest BCUT2D eigenvalue weighted by Crippen LogP contribution is 2.31. The van der Waals surface area contributed by atoms with Crippen LogP contribution in [0.5, 0.6) is 0 Å². The Morgan fingerprint density at radius 1 is 1.53 bits per heavy atom. The zero-order valence-corrected chi connectivity index (χ0v) is 10.9. The van der Waals surface area contributed by atoms with Crippen LogP contribution in [-0.4, -0.2) is 36.5 Å². The van der Waals surface area contributed by atoms with Crippen LogP contribution in [0.3, 0.4) is 0 Å². The zero-order chi connectivity index (χ0) is 12.6. The van der Waals surface area contributed by atoms with Gasteiger partial charge in [0.25, 0.3) is 10.0 Å². The fraction of sp³-hybridized carbons (Fsp3) is 0.700. The minimum atomic E-state index is -3.51. The second kappa shape index (κ2) is 4.40. The van der Waals surface area contributed by atoms with Crippen LogP contribution in [0.25, 0.3) is 0 Å². The van der Waals surface area contributed by atoms with Crippen LogP contribution in [-0.2, 0) is 16.6 Å². The van der Waals surface area contributed by atoms with E-state index < -0.39 is 10.0 Å². The maximum Gasteiger partial charge on any atom is 0.262 e. The number of aryl methyl sites for hydroxylation is 1. The van der Waals surface area contributed by atoms with Crippen molar-refractivity contribution >= 4 is 10.0 Å². The quantitative estimate of drug-likeness (QED) is 0.789. The summed E-state index contributed by atoms with van der Waals surface area (Å²) in [4.78, 5) is 0. The van der Waals surface area contributed by atoms with Gasteiger partial charge in [-0.05, 0) is 25.7 Å². The van der Waals surface area contributed by atoms with Gasteiger partial charge in [-0.25, -0.2) is 8.42 Å². The highest BCUT2D eigenvalue weighted by atomic mass is 32.2. The summed E-state index contributed by atoms with van der Waals surface area (Å²) in [6.45, 7) is 2.52. The molecule has 0 spiro atoms. The molecular weight excluding hydrogens is 240 g/mol. The first-order chi connectivity index (χ1) is 7.96. The summed E-state index contributed by atoms with van der Waals surface area (Å²) in [5, 5.41) is 6.62. The number of hydrogen-bond acceptors (Lipinski definition) is 4. The van der Waals surface area contributed by atoms with Gasteiger partial charge in [0.15, 0.2) is 5.03 Å². The van der Waals surface area contributed by atoms with Gasteiger partial charge >= 0.3 is 0 Å². The van der Waals surface area contributed by atoms with E-state index in [9.17, 15) is 8.42 Å². The van der Waals surface area contributed by atoms with E-state index in [-0.39, 0.29) is 11.6 Å². The molecule has 1 heterocycles. The van der Waals surface area contributed by atoms with Crippen LogP contribution in [0, 0.1) is 12.8 Å². The van der Waals surface area contributed by atoms with Gasteiger partial charge in [0.1, 0.15) is 0 Å². The number of H-pyrrole nitrogens is 1. The molecule has 1 fully saturated rings. The Balaban J connectivity index is 2.29. The van der Waals surface area contributed by atoms with E-state index in [1.807, 2.05) is 0 Å². The lowest BCUT2D eigenvalue weighted by atomic mass is 10.3. The minimum Gasteiger partial charge on any atom is -0.326 e. The van der Waals surface area contributed by atoms with Crippen molar-refractivity contribution in [3.8, 4) is 0 Å². The first kappa shape index (κ1) is 12.5. The largest absolute Gasteiger partial charge is 0.326 e. The predicted octanol–water partition coefficient (Wildman–Crippen LogP) is 0.207. The van der Waals surface area contributed by atoms with E-state index in [1.165, 1.54) is 4.31 Å². The Kier molecular flexibility index (Phi) is 3.24. The van der Waals surface area contributed by atoms with E-state index in [0.717, 1.165) is 12.8 Å². The summed E-state index contributed by atoms with van der Waals surface area (Å²) in [5.41, 5.74) is 6.85. The Hall–Kier alpha value is -0.920. The average molecular weight is 258 g/mol. The highest BCUT2D eigenvalue weighted by Gasteiger charge is 2.32. The topological polar surface area (TPSA) is 92.1 Å². The van der Waals surface area contributed by atoms with Gasteiger partial charge in [0.2, 0.25) is 0 Å². The molecule has 17 heavy (non-hydrogen) atoms. The van der Waals surface area contributed by atoms with Crippen molar-refractivity contribution in [1.82, 2.24) is 14.5 Å². The molecule has 0 atom stereocenters. The number of nitrogens with one attached hydrogen (secondary N) is 1. The van der Waals surface area contributed by atoms with Crippen molar-refractivity contribution in [2.45, 2.75) is 31.3 Å². The standard InChI is InChI=1S/C10H18N4O2S/c1-7-9(5-11)10(13-12-7)17(15,16)14(2)6-8-3-4-8/h8H,3-6,11H2,1-2H3,(H,12,13). The van der Waals surface area contributed by atoms with E-state index in [4.69, 9.17) is 5.73 Å². The van der Waals surface area contributed by atoms with E-state index in [0.29, 0.717) is 23.7 Å². The van der Waals surface area contributed by atoms with Crippen molar-refractivity contribution in [3.05, 3.63) is 11.3 Å². The van der Waals surface area contributed by atoms with Crippen molar-refractivity contribution in [2.75, 3.05) is 13.6 Å². The zero-order valence-electron chi connectivity index (χ0n) is 10.1. The van der Waals surface area contributed by atoms with Crippen molar-refractivity contribution in [2.24, 2.45) is 11.7 Å². The molecular formula is C10H18N4O2S. The number of rotatable bonds is 5. The van der Waals surface area contributed by atoms with Crippen molar-refractivity contribution < 1.29 is 8.42 Å². The molecule has 0 aromatic carbocycles. The molecule has 1 aromatic heterocycles. The van der Waals surface area contributed by atoms with Crippen molar-refractivity contribution in [1.29, 1.82) is 0 Å². The summed E-state index contributed by atoms with van der Waals surface area (Å²) in [6, 6.07) is 0. The Morgan fingerprint density at radius 3 is 2.71 bits per heavy atom. The maximum absolute atomic E-state index is 12.3. The Morgan fingerprint density at radius 2 is 2.18 bits per heavy atom. The smallest absolute Gasteiger partial charge is 0.262 e. The summed E-state index contributed by atoms with van der Waals surface area (Å²) in [5.74, 6) is 0.510. The summed E-state index contributed by atoms with van der Waals surface area (Å²) >= 11 is 0. The third kappa shape index (κ3) is 2.36. The average Bonchev–Trinajstić information content (AvgIpc) is 2.99. The third-order valence-corrected chi connectivity index (χ3v) is 4.90. The number of aromatic amines is 1. The minimum absolute atomic E-state index is 0.0700. The first-order valence-electron chi connectivity index (χ1n) is 5.67. The van der Waals surface area contributed by atoms with Gasteiger partial charge in [0.05, 0.1) is 0 Å². The molecule has 0 bridgehead atoms. The second-order valence-corrected chi connectivity index (χ2v) is 6.53. The normalized spacial score (nSPS) is 16.7. The molecule has 96 valence electrons. The number of nitrogens with zero attached hydrogens (tertiary/aromatic N) is 2. The molecule has 2 rings (SSSR count). The molecule has 1 aliphatic rings. The Labute approximate surface area is 101 Å². The van der Waals surface area contributed by atoms with Gasteiger partial charge in [-0.15, -0.1) is 0 Å². The summed E-state index contributed by atoms with van der Waals surface area (Å²) in [7, 11) is -1.91. The first-order valence-corrected chi connectivity index (χ1v) is 7.11. The van der Waals surface area contributed by atoms with Crippen LogP contribution in [0.4, 0.5) is 0 Å². The number of nitrogens with two attached hydrogens (primary N) is 1. The molecule has 1 aliphatic carbocycles. The molecule has 0 aliphatic heterocycles. The molecule has 7 heteroatoms. The Bertz CT molecular complexity index is 504. The SMILES string of the molecule is Cc1[nH]nc(S(=O)(=O)N(C)CC2CC2)c1CN. The second-order valence-electron chi connectivity index (χ2n) is 4.57. The fourth-order valence-corrected chi connectivity index (χ4v) is 3.20.